The van der Waals surface area contributed by atoms with Crippen LogP contribution in [0, 0.1) is 13.8 Å². The molecule has 162 valence electrons. The van der Waals surface area contributed by atoms with Crippen LogP contribution in [-0.4, -0.2) is 22.0 Å². The summed E-state index contributed by atoms with van der Waals surface area (Å²) in [4.78, 5) is 29.8. The van der Waals surface area contributed by atoms with E-state index in [9.17, 15) is 9.59 Å². The van der Waals surface area contributed by atoms with E-state index in [1.54, 1.807) is 6.92 Å². The smallest absolute Gasteiger partial charge is 0.255 e. The van der Waals surface area contributed by atoms with Crippen LogP contribution in [0.1, 0.15) is 35.7 Å². The highest BCUT2D eigenvalue weighted by Gasteiger charge is 2.13. The average molecular weight is 419 g/mol. The second kappa shape index (κ2) is 10.6. The number of aryl methyl sites for hydroxylation is 4. The topological polar surface area (TPSA) is 76.0 Å². The van der Waals surface area contributed by atoms with Crippen LogP contribution in [0.2, 0.25) is 0 Å². The lowest BCUT2D eigenvalue weighted by Crippen LogP contribution is -2.31. The monoisotopic (exact) mass is 418 g/mol. The molecule has 1 aromatic heterocycles. The first-order valence-electron chi connectivity index (χ1n) is 10.7. The predicted molar refractivity (Wildman–Crippen MR) is 126 cm³/mol. The van der Waals surface area contributed by atoms with Crippen LogP contribution < -0.4 is 16.2 Å². The molecule has 0 atom stereocenters. The Labute approximate surface area is 183 Å². The van der Waals surface area contributed by atoms with Gasteiger partial charge in [0.2, 0.25) is 11.9 Å². The summed E-state index contributed by atoms with van der Waals surface area (Å²) in [5.74, 6) is 0.179. The summed E-state index contributed by atoms with van der Waals surface area (Å²) in [6.07, 6.45) is 2.64. The maximum Gasteiger partial charge on any atom is 0.255 e. The van der Waals surface area contributed by atoms with Crippen molar-refractivity contribution < 1.29 is 4.79 Å². The highest BCUT2D eigenvalue weighted by atomic mass is 16.2. The second-order valence-corrected chi connectivity index (χ2v) is 7.67. The third kappa shape index (κ3) is 6.04. The molecular formula is C25H30N4O2. The molecule has 0 saturated heterocycles. The van der Waals surface area contributed by atoms with E-state index >= 15 is 0 Å². The van der Waals surface area contributed by atoms with Crippen LogP contribution in [0.25, 0.3) is 0 Å². The second-order valence-electron chi connectivity index (χ2n) is 7.67. The Kier molecular flexibility index (Phi) is 7.60. The van der Waals surface area contributed by atoms with Gasteiger partial charge in [-0.1, -0.05) is 55.5 Å². The third-order valence-corrected chi connectivity index (χ3v) is 5.21. The number of nitrogens with one attached hydrogen (secondary N) is 2. The van der Waals surface area contributed by atoms with Gasteiger partial charge in [0.15, 0.2) is 0 Å². The van der Waals surface area contributed by atoms with Crippen molar-refractivity contribution >= 4 is 17.5 Å². The number of rotatable bonds is 9. The molecule has 31 heavy (non-hydrogen) atoms. The lowest BCUT2D eigenvalue weighted by Gasteiger charge is -2.16. The Morgan fingerprint density at radius 3 is 2.58 bits per heavy atom. The van der Waals surface area contributed by atoms with Crippen molar-refractivity contribution in [3.05, 3.63) is 87.3 Å². The Morgan fingerprint density at radius 2 is 1.84 bits per heavy atom. The van der Waals surface area contributed by atoms with E-state index in [2.05, 4.69) is 34.7 Å². The predicted octanol–water partition coefficient (Wildman–Crippen LogP) is 4.11. The van der Waals surface area contributed by atoms with Gasteiger partial charge in [-0.15, -0.1) is 0 Å². The summed E-state index contributed by atoms with van der Waals surface area (Å²) in [5.41, 5.74) is 4.54. The largest absolute Gasteiger partial charge is 0.356 e. The van der Waals surface area contributed by atoms with E-state index < -0.39 is 0 Å². The molecule has 1 heterocycles. The standard InChI is InChI=1S/C25H30N4O2/c1-4-21-14-8-10-18(2)24(21)28-22(30)17-29-23(31)16-19(3)27-25(29)26-15-9-13-20-11-6-5-7-12-20/h5-8,10-12,14,16H,4,9,13,15,17H2,1-3H3,(H,26,27)(H,28,30). The van der Waals surface area contributed by atoms with Gasteiger partial charge in [0.25, 0.3) is 5.56 Å². The molecule has 0 unspecified atom stereocenters. The number of anilines is 2. The minimum atomic E-state index is -0.246. The first-order valence-corrected chi connectivity index (χ1v) is 10.7. The Bertz CT molecular complexity index is 1090. The third-order valence-electron chi connectivity index (χ3n) is 5.21. The fraction of sp³-hybridized carbons (Fsp3) is 0.320. The number of aromatic nitrogens is 2. The van der Waals surface area contributed by atoms with Crippen molar-refractivity contribution in [2.45, 2.75) is 46.6 Å². The Balaban J connectivity index is 1.69. The number of amides is 1. The minimum Gasteiger partial charge on any atom is -0.356 e. The molecule has 6 heteroatoms. The van der Waals surface area contributed by atoms with Gasteiger partial charge in [-0.05, 0) is 49.8 Å². The number of carbonyl (C=O) groups excluding carboxylic acids is 1. The molecule has 3 rings (SSSR count). The summed E-state index contributed by atoms with van der Waals surface area (Å²) in [6.45, 7) is 6.36. The lowest BCUT2D eigenvalue weighted by molar-refractivity contribution is -0.116. The van der Waals surface area contributed by atoms with Crippen LogP contribution in [0.4, 0.5) is 11.6 Å². The van der Waals surface area contributed by atoms with E-state index in [4.69, 9.17) is 0 Å². The van der Waals surface area contributed by atoms with Crippen molar-refractivity contribution in [1.82, 2.24) is 9.55 Å². The SMILES string of the molecule is CCc1cccc(C)c1NC(=O)Cn1c(NCCCc2ccccc2)nc(C)cc1=O. The van der Waals surface area contributed by atoms with Crippen molar-refractivity contribution in [2.24, 2.45) is 0 Å². The van der Waals surface area contributed by atoms with Gasteiger partial charge in [0, 0.05) is 24.0 Å². The number of carbonyl (C=O) groups is 1. The van der Waals surface area contributed by atoms with Crippen molar-refractivity contribution in [3.8, 4) is 0 Å². The Morgan fingerprint density at radius 1 is 1.06 bits per heavy atom. The molecule has 0 aliphatic rings. The summed E-state index contributed by atoms with van der Waals surface area (Å²) < 4.78 is 1.40. The van der Waals surface area contributed by atoms with E-state index in [-0.39, 0.29) is 18.0 Å². The molecular weight excluding hydrogens is 388 g/mol. The van der Waals surface area contributed by atoms with Gasteiger partial charge >= 0.3 is 0 Å². The number of hydrogen-bond donors (Lipinski definition) is 2. The van der Waals surface area contributed by atoms with Gasteiger partial charge in [-0.2, -0.15) is 0 Å². The molecule has 1 amide bonds. The van der Waals surface area contributed by atoms with Crippen LogP contribution in [0.15, 0.2) is 59.4 Å². The maximum atomic E-state index is 12.8. The Hall–Kier alpha value is -3.41. The van der Waals surface area contributed by atoms with Crippen LogP contribution >= 0.6 is 0 Å². The molecule has 0 radical (unpaired) electrons. The van der Waals surface area contributed by atoms with E-state index in [0.717, 1.165) is 36.1 Å². The molecule has 0 spiro atoms. The van der Waals surface area contributed by atoms with E-state index in [0.29, 0.717) is 18.2 Å². The van der Waals surface area contributed by atoms with Crippen LogP contribution in [0.5, 0.6) is 0 Å². The molecule has 2 N–H and O–H groups in total. The zero-order valence-electron chi connectivity index (χ0n) is 18.4. The van der Waals surface area contributed by atoms with Crippen molar-refractivity contribution in [2.75, 3.05) is 17.2 Å². The highest BCUT2D eigenvalue weighted by Crippen LogP contribution is 2.21. The molecule has 0 fully saturated rings. The van der Waals surface area contributed by atoms with Crippen LogP contribution in [-0.2, 0) is 24.2 Å². The normalized spacial score (nSPS) is 10.7. The molecule has 0 aliphatic carbocycles. The number of para-hydroxylation sites is 1. The van der Waals surface area contributed by atoms with Crippen molar-refractivity contribution in [3.63, 3.8) is 0 Å². The summed E-state index contributed by atoms with van der Waals surface area (Å²) in [5, 5.41) is 6.22. The summed E-state index contributed by atoms with van der Waals surface area (Å²) >= 11 is 0. The molecule has 3 aromatic rings. The van der Waals surface area contributed by atoms with Crippen LogP contribution in [0.3, 0.4) is 0 Å². The average Bonchev–Trinajstić information content (AvgIpc) is 2.75. The lowest BCUT2D eigenvalue weighted by atomic mass is 10.1. The highest BCUT2D eigenvalue weighted by molar-refractivity contribution is 5.92. The quantitative estimate of drug-likeness (QED) is 0.513. The first kappa shape index (κ1) is 22.3. The molecule has 6 nitrogen and oxygen atoms in total. The zero-order valence-corrected chi connectivity index (χ0v) is 18.4. The number of benzene rings is 2. The van der Waals surface area contributed by atoms with Gasteiger partial charge in [-0.3, -0.25) is 14.2 Å². The maximum absolute atomic E-state index is 12.8. The minimum absolute atomic E-state index is 0.0926. The summed E-state index contributed by atoms with van der Waals surface area (Å²) in [7, 11) is 0. The molecule has 2 aromatic carbocycles. The van der Waals surface area contributed by atoms with Gasteiger partial charge in [0.1, 0.15) is 6.54 Å². The summed E-state index contributed by atoms with van der Waals surface area (Å²) in [6, 6.07) is 17.7. The zero-order chi connectivity index (χ0) is 22.2. The fourth-order valence-electron chi connectivity index (χ4n) is 3.57. The molecule has 0 aliphatic heterocycles. The number of nitrogens with zero attached hydrogens (tertiary/aromatic N) is 2. The van der Waals surface area contributed by atoms with Gasteiger partial charge < -0.3 is 10.6 Å². The first-order chi connectivity index (χ1) is 15.0. The van der Waals surface area contributed by atoms with E-state index in [1.807, 2.05) is 43.3 Å². The number of hydrogen-bond acceptors (Lipinski definition) is 4. The van der Waals surface area contributed by atoms with E-state index in [1.165, 1.54) is 16.2 Å². The fourth-order valence-corrected chi connectivity index (χ4v) is 3.57. The van der Waals surface area contributed by atoms with Gasteiger partial charge in [-0.25, -0.2) is 4.98 Å². The van der Waals surface area contributed by atoms with Crippen molar-refractivity contribution in [1.29, 1.82) is 0 Å². The van der Waals surface area contributed by atoms with Gasteiger partial charge in [0.05, 0.1) is 0 Å². The molecule has 0 bridgehead atoms. The molecule has 0 saturated carbocycles.